The van der Waals surface area contributed by atoms with Crippen molar-refractivity contribution in [3.05, 3.63) is 80.5 Å². The van der Waals surface area contributed by atoms with Crippen LogP contribution in [0.15, 0.2) is 66.1 Å². The first-order chi connectivity index (χ1) is 13.2. The van der Waals surface area contributed by atoms with Gasteiger partial charge in [-0.3, -0.25) is 4.57 Å². The highest BCUT2D eigenvalue weighted by molar-refractivity contribution is 7.73. The Morgan fingerprint density at radius 1 is 1.15 bits per heavy atom. The van der Waals surface area contributed by atoms with Crippen molar-refractivity contribution in [3.63, 3.8) is 0 Å². The zero-order valence-electron chi connectivity index (χ0n) is 15.4. The number of aromatic hydroxyl groups is 1. The Bertz CT molecular complexity index is 1030. The van der Waals surface area contributed by atoms with Crippen LogP contribution >= 0.6 is 23.6 Å². The fraction of sp³-hybridized carbons (Fsp3) is 0.182. The number of rotatable bonds is 5. The molecule has 27 heavy (non-hydrogen) atoms. The molecule has 0 bridgehead atoms. The summed E-state index contributed by atoms with van der Waals surface area (Å²) in [6.45, 7) is 5.69. The maximum atomic E-state index is 10.1. The summed E-state index contributed by atoms with van der Waals surface area (Å²) >= 11 is 6.62. The van der Waals surface area contributed by atoms with Gasteiger partial charge in [-0.05, 0) is 55.9 Å². The fourth-order valence-electron chi connectivity index (χ4n) is 2.95. The highest BCUT2D eigenvalue weighted by Crippen LogP contribution is 2.30. The van der Waals surface area contributed by atoms with Crippen molar-refractivity contribution in [3.8, 4) is 5.88 Å². The maximum absolute atomic E-state index is 10.1. The Morgan fingerprint density at radius 2 is 1.96 bits per heavy atom. The Kier molecular flexibility index (Phi) is 6.30. The van der Waals surface area contributed by atoms with E-state index in [2.05, 4.69) is 60.0 Å². The third-order valence-corrected chi connectivity index (χ3v) is 5.67. The lowest BCUT2D eigenvalue weighted by atomic mass is 10.1. The number of benzene rings is 1. The third-order valence-electron chi connectivity index (χ3n) is 4.28. The number of anilines is 1. The van der Waals surface area contributed by atoms with Crippen molar-refractivity contribution in [2.45, 2.75) is 20.4 Å². The normalized spacial score (nSPS) is 14.4. The smallest absolute Gasteiger partial charge is 0.211 e. The summed E-state index contributed by atoms with van der Waals surface area (Å²) in [5.41, 5.74) is 6.70. The Morgan fingerprint density at radius 3 is 2.70 bits per heavy atom. The van der Waals surface area contributed by atoms with Gasteiger partial charge < -0.3 is 10.0 Å². The van der Waals surface area contributed by atoms with Crippen LogP contribution in [0.25, 0.3) is 12.2 Å². The molecule has 2 aromatic rings. The summed E-state index contributed by atoms with van der Waals surface area (Å²) in [4.78, 5) is 3.02. The van der Waals surface area contributed by atoms with Crippen LogP contribution < -0.4 is 4.90 Å². The molecule has 1 N–H and O–H groups in total. The van der Waals surface area contributed by atoms with Crippen LogP contribution in [-0.2, 0) is 6.54 Å². The van der Waals surface area contributed by atoms with Gasteiger partial charge in [0.25, 0.3) is 0 Å². The quantitative estimate of drug-likeness (QED) is 0.374. The molecule has 0 saturated heterocycles. The number of hydrogen-bond donors (Lipinski definition) is 1. The molecule has 0 radical (unpaired) electrons. The first kappa shape index (κ1) is 19.2. The van der Waals surface area contributed by atoms with E-state index in [0.29, 0.717) is 10.5 Å². The number of fused-ring (bicyclic) bond motifs is 1. The number of hydrogen-bond acceptors (Lipinski definition) is 4. The SMILES string of the molecule is CCN1C(=CC=CC=C=Cc2sc(=S)n(CC)c2O)C=Cc2ccccc21. The van der Waals surface area contributed by atoms with Crippen LogP contribution in [-0.4, -0.2) is 16.2 Å². The largest absolute Gasteiger partial charge is 0.493 e. The Labute approximate surface area is 169 Å². The summed E-state index contributed by atoms with van der Waals surface area (Å²) in [7, 11) is 0. The number of para-hydroxylation sites is 1. The van der Waals surface area contributed by atoms with Gasteiger partial charge in [0.2, 0.25) is 5.88 Å². The predicted molar refractivity (Wildman–Crippen MR) is 119 cm³/mol. The van der Waals surface area contributed by atoms with Gasteiger partial charge in [0.1, 0.15) is 0 Å². The lowest BCUT2D eigenvalue weighted by Gasteiger charge is -2.29. The van der Waals surface area contributed by atoms with Crippen LogP contribution in [0, 0.1) is 3.95 Å². The second-order valence-corrected chi connectivity index (χ2v) is 7.57. The zero-order valence-corrected chi connectivity index (χ0v) is 17.1. The number of thiazole rings is 1. The highest BCUT2D eigenvalue weighted by Gasteiger charge is 2.14. The van der Waals surface area contributed by atoms with E-state index in [1.807, 2.05) is 25.2 Å². The molecule has 1 aliphatic rings. The van der Waals surface area contributed by atoms with Gasteiger partial charge in [0, 0.05) is 30.5 Å². The molecule has 138 valence electrons. The maximum Gasteiger partial charge on any atom is 0.211 e. The Hall–Kier alpha value is -2.59. The van der Waals surface area contributed by atoms with E-state index in [1.54, 1.807) is 10.6 Å². The molecular weight excluding hydrogens is 372 g/mol. The minimum Gasteiger partial charge on any atom is -0.493 e. The molecule has 0 saturated carbocycles. The molecule has 3 nitrogen and oxygen atoms in total. The molecule has 0 fully saturated rings. The van der Waals surface area contributed by atoms with E-state index in [0.717, 1.165) is 17.1 Å². The van der Waals surface area contributed by atoms with Crippen LogP contribution in [0.2, 0.25) is 0 Å². The topological polar surface area (TPSA) is 28.4 Å². The van der Waals surface area contributed by atoms with E-state index >= 15 is 0 Å². The Balaban J connectivity index is 1.74. The molecule has 0 atom stereocenters. The minimum atomic E-state index is 0.212. The van der Waals surface area contributed by atoms with E-state index in [4.69, 9.17) is 12.2 Å². The predicted octanol–water partition coefficient (Wildman–Crippen LogP) is 6.17. The van der Waals surface area contributed by atoms with Crippen LogP contribution in [0.3, 0.4) is 0 Å². The lowest BCUT2D eigenvalue weighted by Crippen LogP contribution is -2.23. The molecule has 1 aliphatic heterocycles. The highest BCUT2D eigenvalue weighted by atomic mass is 32.1. The molecule has 1 aromatic carbocycles. The second-order valence-electron chi connectivity index (χ2n) is 5.89. The fourth-order valence-corrected chi connectivity index (χ4v) is 4.28. The molecule has 0 aliphatic carbocycles. The van der Waals surface area contributed by atoms with Gasteiger partial charge in [-0.25, -0.2) is 0 Å². The van der Waals surface area contributed by atoms with Crippen molar-refractivity contribution in [2.75, 3.05) is 11.4 Å². The third kappa shape index (κ3) is 4.22. The van der Waals surface area contributed by atoms with Crippen molar-refractivity contribution in [2.24, 2.45) is 0 Å². The van der Waals surface area contributed by atoms with E-state index in [9.17, 15) is 5.11 Å². The van der Waals surface area contributed by atoms with Gasteiger partial charge in [-0.2, -0.15) is 0 Å². The molecular formula is C22H22N2OS2. The monoisotopic (exact) mass is 394 g/mol. The summed E-state index contributed by atoms with van der Waals surface area (Å²) in [5.74, 6) is 0.212. The number of aromatic nitrogens is 1. The molecule has 2 heterocycles. The van der Waals surface area contributed by atoms with Crippen LogP contribution in [0.5, 0.6) is 5.88 Å². The van der Waals surface area contributed by atoms with Crippen molar-refractivity contribution >= 4 is 41.4 Å². The first-order valence-corrected chi connectivity index (χ1v) is 10.1. The van der Waals surface area contributed by atoms with Gasteiger partial charge in [-0.15, -0.1) is 17.1 Å². The van der Waals surface area contributed by atoms with E-state index in [-0.39, 0.29) is 5.88 Å². The van der Waals surface area contributed by atoms with Crippen molar-refractivity contribution < 1.29 is 5.11 Å². The average Bonchev–Trinajstić information content (AvgIpc) is 2.96. The first-order valence-electron chi connectivity index (χ1n) is 8.92. The molecule has 3 rings (SSSR count). The van der Waals surface area contributed by atoms with Gasteiger partial charge in [0.05, 0.1) is 4.88 Å². The standard InChI is InChI=1S/C22H22N2OS2/c1-3-23-18(16-15-17-11-9-10-13-19(17)23)12-7-5-6-8-14-20-21(25)24(4-2)22(26)27-20/h5-7,9-16,25H,3-4H2,1-2H3. The summed E-state index contributed by atoms with van der Waals surface area (Å²) in [6.07, 6.45) is 13.9. The molecule has 0 unspecified atom stereocenters. The lowest BCUT2D eigenvalue weighted by molar-refractivity contribution is 0.419. The average molecular weight is 395 g/mol. The van der Waals surface area contributed by atoms with Crippen LogP contribution in [0.4, 0.5) is 5.69 Å². The van der Waals surface area contributed by atoms with E-state index < -0.39 is 0 Å². The molecule has 1 aromatic heterocycles. The molecule has 0 amide bonds. The zero-order chi connectivity index (χ0) is 19.2. The van der Waals surface area contributed by atoms with E-state index in [1.165, 1.54) is 22.6 Å². The summed E-state index contributed by atoms with van der Waals surface area (Å²) < 4.78 is 2.38. The van der Waals surface area contributed by atoms with Crippen molar-refractivity contribution in [1.29, 1.82) is 0 Å². The number of allylic oxidation sites excluding steroid dienone is 5. The molecule has 5 heteroatoms. The summed E-state index contributed by atoms with van der Waals surface area (Å²) in [6, 6.07) is 8.40. The second kappa shape index (κ2) is 8.87. The minimum absolute atomic E-state index is 0.212. The van der Waals surface area contributed by atoms with Gasteiger partial charge >= 0.3 is 0 Å². The van der Waals surface area contributed by atoms with Crippen molar-refractivity contribution in [1.82, 2.24) is 4.57 Å². The van der Waals surface area contributed by atoms with Gasteiger partial charge in [0.15, 0.2) is 3.95 Å². The molecule has 0 spiro atoms. The number of nitrogens with zero attached hydrogens (tertiary/aromatic N) is 2. The van der Waals surface area contributed by atoms with Crippen LogP contribution in [0.1, 0.15) is 24.3 Å². The van der Waals surface area contributed by atoms with Gasteiger partial charge in [-0.1, -0.05) is 36.4 Å². The summed E-state index contributed by atoms with van der Waals surface area (Å²) in [5, 5.41) is 10.1. The number of likely N-dealkylation sites (N-methyl/N-ethyl adjacent to an activating group) is 1.